The summed E-state index contributed by atoms with van der Waals surface area (Å²) in [4.78, 5) is 0. The van der Waals surface area contributed by atoms with E-state index in [1.807, 2.05) is 19.1 Å². The summed E-state index contributed by atoms with van der Waals surface area (Å²) in [6, 6.07) is 5.47. The third kappa shape index (κ3) is 4.87. The standard InChI is InChI=1S/C11H17NO3S2/c1-9-10(4-3-5-11(9)12)8-16(13)6-7-17(2,14)15/h3-5H,6-8,12H2,1-2H3. The number of hydrogen-bond acceptors (Lipinski definition) is 4. The molecular weight excluding hydrogens is 258 g/mol. The monoisotopic (exact) mass is 275 g/mol. The van der Waals surface area contributed by atoms with Gasteiger partial charge < -0.3 is 5.73 Å². The number of hydrogen-bond donors (Lipinski definition) is 1. The van der Waals surface area contributed by atoms with Gasteiger partial charge in [-0.1, -0.05) is 12.1 Å². The summed E-state index contributed by atoms with van der Waals surface area (Å²) in [5.41, 5.74) is 8.24. The molecule has 0 aliphatic rings. The van der Waals surface area contributed by atoms with Crippen molar-refractivity contribution in [3.63, 3.8) is 0 Å². The summed E-state index contributed by atoms with van der Waals surface area (Å²) in [6.45, 7) is 1.87. The Bertz CT molecular complexity index is 524. The lowest BCUT2D eigenvalue weighted by molar-refractivity contribution is 0.602. The minimum atomic E-state index is -3.05. The van der Waals surface area contributed by atoms with Crippen LogP contribution < -0.4 is 5.73 Å². The lowest BCUT2D eigenvalue weighted by Crippen LogP contribution is -2.13. The van der Waals surface area contributed by atoms with Gasteiger partial charge >= 0.3 is 0 Å². The predicted molar refractivity (Wildman–Crippen MR) is 72.0 cm³/mol. The summed E-state index contributed by atoms with van der Waals surface area (Å²) >= 11 is 0. The summed E-state index contributed by atoms with van der Waals surface area (Å²) < 4.78 is 33.6. The van der Waals surface area contributed by atoms with Crippen LogP contribution in [0.4, 0.5) is 5.69 Å². The second kappa shape index (κ2) is 5.64. The van der Waals surface area contributed by atoms with E-state index in [-0.39, 0.29) is 11.5 Å². The number of benzene rings is 1. The highest BCUT2D eigenvalue weighted by Crippen LogP contribution is 2.17. The van der Waals surface area contributed by atoms with Gasteiger partial charge in [-0.15, -0.1) is 0 Å². The average molecular weight is 275 g/mol. The third-order valence-electron chi connectivity index (χ3n) is 2.49. The van der Waals surface area contributed by atoms with Gasteiger partial charge in [0.05, 0.1) is 5.75 Å². The van der Waals surface area contributed by atoms with Gasteiger partial charge in [0.2, 0.25) is 0 Å². The van der Waals surface area contributed by atoms with Crippen LogP contribution in [0.3, 0.4) is 0 Å². The predicted octanol–water partition coefficient (Wildman–Crippen LogP) is 0.871. The van der Waals surface area contributed by atoms with Crippen molar-refractivity contribution in [3.05, 3.63) is 29.3 Å². The van der Waals surface area contributed by atoms with E-state index < -0.39 is 20.6 Å². The molecule has 96 valence electrons. The molecule has 0 saturated heterocycles. The maximum atomic E-state index is 11.7. The lowest BCUT2D eigenvalue weighted by Gasteiger charge is -2.07. The highest BCUT2D eigenvalue weighted by Gasteiger charge is 2.09. The van der Waals surface area contributed by atoms with Crippen LogP contribution in [-0.2, 0) is 26.4 Å². The lowest BCUT2D eigenvalue weighted by atomic mass is 10.1. The first kappa shape index (κ1) is 14.2. The Labute approximate surface area is 105 Å². The molecule has 1 rings (SSSR count). The van der Waals surface area contributed by atoms with E-state index in [2.05, 4.69) is 0 Å². The normalized spacial score (nSPS) is 13.5. The maximum Gasteiger partial charge on any atom is 0.148 e. The van der Waals surface area contributed by atoms with Gasteiger partial charge in [-0.2, -0.15) is 0 Å². The summed E-state index contributed by atoms with van der Waals surface area (Å²) in [5.74, 6) is 0.487. The van der Waals surface area contributed by atoms with Crippen LogP contribution >= 0.6 is 0 Å². The van der Waals surface area contributed by atoms with Gasteiger partial charge in [0.15, 0.2) is 0 Å². The molecule has 0 aromatic heterocycles. The first-order valence-corrected chi connectivity index (χ1v) is 8.71. The number of rotatable bonds is 5. The van der Waals surface area contributed by atoms with E-state index >= 15 is 0 Å². The average Bonchev–Trinajstić information content (AvgIpc) is 2.21. The van der Waals surface area contributed by atoms with Crippen molar-refractivity contribution in [2.24, 2.45) is 0 Å². The molecule has 4 nitrogen and oxygen atoms in total. The van der Waals surface area contributed by atoms with E-state index in [1.54, 1.807) is 6.07 Å². The molecule has 1 aromatic rings. The van der Waals surface area contributed by atoms with E-state index in [0.717, 1.165) is 17.4 Å². The van der Waals surface area contributed by atoms with E-state index in [4.69, 9.17) is 5.73 Å². The zero-order valence-electron chi connectivity index (χ0n) is 9.97. The van der Waals surface area contributed by atoms with Crippen LogP contribution in [0.1, 0.15) is 11.1 Å². The number of sulfone groups is 1. The molecule has 0 saturated carbocycles. The molecule has 2 N–H and O–H groups in total. The number of nitrogens with two attached hydrogens (primary N) is 1. The highest BCUT2D eigenvalue weighted by atomic mass is 32.2. The minimum Gasteiger partial charge on any atom is -0.399 e. The number of nitrogen functional groups attached to an aromatic ring is 1. The van der Waals surface area contributed by atoms with Crippen LogP contribution in [0.2, 0.25) is 0 Å². The Morgan fingerprint density at radius 3 is 2.59 bits per heavy atom. The van der Waals surface area contributed by atoms with Crippen molar-refractivity contribution in [3.8, 4) is 0 Å². The summed E-state index contributed by atoms with van der Waals surface area (Å²) in [7, 11) is -4.22. The van der Waals surface area contributed by atoms with Crippen molar-refractivity contribution < 1.29 is 12.6 Å². The molecule has 6 heteroatoms. The largest absolute Gasteiger partial charge is 0.399 e. The Morgan fingerprint density at radius 2 is 2.00 bits per heavy atom. The van der Waals surface area contributed by atoms with Crippen LogP contribution in [0.5, 0.6) is 0 Å². The summed E-state index contributed by atoms with van der Waals surface area (Å²) in [6.07, 6.45) is 1.15. The molecule has 0 heterocycles. The molecule has 0 spiro atoms. The van der Waals surface area contributed by atoms with Crippen molar-refractivity contribution >= 4 is 26.3 Å². The van der Waals surface area contributed by atoms with Crippen molar-refractivity contribution in [1.82, 2.24) is 0 Å². The van der Waals surface area contributed by atoms with E-state index in [1.165, 1.54) is 0 Å². The van der Waals surface area contributed by atoms with Gasteiger partial charge in [-0.05, 0) is 24.1 Å². The fourth-order valence-corrected chi connectivity index (χ4v) is 4.11. The molecule has 0 aliphatic carbocycles. The smallest absolute Gasteiger partial charge is 0.148 e. The molecule has 1 unspecified atom stereocenters. The van der Waals surface area contributed by atoms with Crippen LogP contribution in [-0.4, -0.2) is 30.4 Å². The molecule has 0 bridgehead atoms. The molecule has 17 heavy (non-hydrogen) atoms. The van der Waals surface area contributed by atoms with Crippen molar-refractivity contribution in [1.29, 1.82) is 0 Å². The molecule has 0 amide bonds. The summed E-state index contributed by atoms with van der Waals surface area (Å²) in [5, 5.41) is 0. The van der Waals surface area contributed by atoms with Gasteiger partial charge in [-0.25, -0.2) is 8.42 Å². The topological polar surface area (TPSA) is 77.2 Å². The molecule has 1 atom stereocenters. The first-order chi connectivity index (χ1) is 7.79. The van der Waals surface area contributed by atoms with E-state index in [9.17, 15) is 12.6 Å². The zero-order valence-corrected chi connectivity index (χ0v) is 11.6. The first-order valence-electron chi connectivity index (χ1n) is 5.16. The Kier molecular flexibility index (Phi) is 4.70. The van der Waals surface area contributed by atoms with Crippen LogP contribution in [0.15, 0.2) is 18.2 Å². The van der Waals surface area contributed by atoms with E-state index in [0.29, 0.717) is 11.4 Å². The second-order valence-corrected chi connectivity index (χ2v) is 7.89. The van der Waals surface area contributed by atoms with Crippen molar-refractivity contribution in [2.45, 2.75) is 12.7 Å². The molecule has 0 radical (unpaired) electrons. The zero-order chi connectivity index (χ0) is 13.1. The molecule has 1 aromatic carbocycles. The molecule has 0 fully saturated rings. The van der Waals surface area contributed by atoms with Gasteiger partial charge in [0.25, 0.3) is 0 Å². The Hall–Kier alpha value is -0.880. The fraction of sp³-hybridized carbons (Fsp3) is 0.455. The van der Waals surface area contributed by atoms with Gasteiger partial charge in [0.1, 0.15) is 9.84 Å². The molecular formula is C11H17NO3S2. The van der Waals surface area contributed by atoms with Crippen LogP contribution in [0.25, 0.3) is 0 Å². The van der Waals surface area contributed by atoms with Gasteiger partial charge in [-0.3, -0.25) is 4.21 Å². The van der Waals surface area contributed by atoms with Crippen molar-refractivity contribution in [2.75, 3.05) is 23.5 Å². The minimum absolute atomic E-state index is 0.0407. The Balaban J connectivity index is 2.66. The highest BCUT2D eigenvalue weighted by molar-refractivity contribution is 7.92. The third-order valence-corrected chi connectivity index (χ3v) is 4.98. The second-order valence-electron chi connectivity index (χ2n) is 4.05. The van der Waals surface area contributed by atoms with Crippen LogP contribution in [0, 0.1) is 6.92 Å². The fourth-order valence-electron chi connectivity index (χ4n) is 1.35. The number of anilines is 1. The Morgan fingerprint density at radius 1 is 1.35 bits per heavy atom. The van der Waals surface area contributed by atoms with Gasteiger partial charge in [0, 0.05) is 34.2 Å². The quantitative estimate of drug-likeness (QED) is 0.809. The SMILES string of the molecule is Cc1c(N)cccc1CS(=O)CCS(C)(=O)=O. The molecule has 0 aliphatic heterocycles. The maximum absolute atomic E-state index is 11.7.